The average Bonchev–Trinajstić information content (AvgIpc) is 2.32. The van der Waals surface area contributed by atoms with E-state index in [1.807, 2.05) is 6.07 Å². The van der Waals surface area contributed by atoms with Gasteiger partial charge in [-0.3, -0.25) is 0 Å². The fraction of sp³-hybridized carbons (Fsp3) is 0.0769. The molecule has 0 aromatic heterocycles. The quantitative estimate of drug-likeness (QED) is 0.630. The maximum absolute atomic E-state index is 12.8. The number of hydrogen-bond donors (Lipinski definition) is 0. The largest absolute Gasteiger partial charge is 0.207 e. The van der Waals surface area contributed by atoms with Gasteiger partial charge in [0.15, 0.2) is 0 Å². The maximum Gasteiger partial charge on any atom is 0.123 e. The molecule has 1 atom stereocenters. The lowest BCUT2D eigenvalue weighted by Gasteiger charge is -2.12. The summed E-state index contributed by atoms with van der Waals surface area (Å²) in [5.74, 6) is -0.275. The molecule has 2 aromatic carbocycles. The van der Waals surface area contributed by atoms with Crippen LogP contribution in [0.4, 0.5) is 4.39 Å². The van der Waals surface area contributed by atoms with Crippen molar-refractivity contribution in [3.05, 3.63) is 68.9 Å². The Kier molecular flexibility index (Phi) is 4.08. The van der Waals surface area contributed by atoms with Crippen LogP contribution in [0.25, 0.3) is 0 Å². The van der Waals surface area contributed by atoms with Gasteiger partial charge in [-0.1, -0.05) is 39.7 Å². The normalized spacial score (nSPS) is 12.5. The molecule has 0 fully saturated rings. The van der Waals surface area contributed by atoms with Crippen molar-refractivity contribution in [3.63, 3.8) is 0 Å². The van der Waals surface area contributed by atoms with Crippen LogP contribution in [0, 0.1) is 5.82 Å². The predicted molar refractivity (Wildman–Crippen MR) is 73.2 cm³/mol. The van der Waals surface area contributed by atoms with E-state index in [9.17, 15) is 4.39 Å². The zero-order chi connectivity index (χ0) is 12.4. The lowest BCUT2D eigenvalue weighted by Crippen LogP contribution is -1.94. The molecule has 0 bridgehead atoms. The molecule has 0 spiro atoms. The van der Waals surface area contributed by atoms with Gasteiger partial charge >= 0.3 is 0 Å². The predicted octanol–water partition coefficient (Wildman–Crippen LogP) is 5.57. The standard InChI is InChI=1S/C13H8BrCl2F/c14-12-6-3-9(15)7-11(12)13(16)8-1-4-10(17)5-2-8/h1-7,13H. The van der Waals surface area contributed by atoms with E-state index in [4.69, 9.17) is 23.2 Å². The fourth-order valence-electron chi connectivity index (χ4n) is 1.52. The second-order valence-electron chi connectivity index (χ2n) is 3.58. The van der Waals surface area contributed by atoms with E-state index < -0.39 is 0 Å². The molecule has 0 N–H and O–H groups in total. The van der Waals surface area contributed by atoms with Crippen LogP contribution < -0.4 is 0 Å². The highest BCUT2D eigenvalue weighted by Crippen LogP contribution is 2.35. The summed E-state index contributed by atoms with van der Waals surface area (Å²) in [5, 5.41) is 0.264. The van der Waals surface area contributed by atoms with Crippen LogP contribution in [-0.4, -0.2) is 0 Å². The third-order valence-electron chi connectivity index (χ3n) is 2.39. The minimum Gasteiger partial charge on any atom is -0.207 e. The van der Waals surface area contributed by atoms with Gasteiger partial charge in [0, 0.05) is 9.50 Å². The first-order chi connectivity index (χ1) is 8.08. The van der Waals surface area contributed by atoms with Crippen molar-refractivity contribution in [1.29, 1.82) is 0 Å². The first-order valence-corrected chi connectivity index (χ1v) is 6.53. The van der Waals surface area contributed by atoms with Gasteiger partial charge in [-0.25, -0.2) is 4.39 Å². The van der Waals surface area contributed by atoms with Crippen molar-refractivity contribution in [2.24, 2.45) is 0 Å². The molecule has 0 radical (unpaired) electrons. The van der Waals surface area contributed by atoms with Gasteiger partial charge in [0.1, 0.15) is 5.82 Å². The Hall–Kier alpha value is -0.570. The van der Waals surface area contributed by atoms with E-state index in [-0.39, 0.29) is 11.2 Å². The second kappa shape index (κ2) is 5.38. The number of halogens is 4. The summed E-state index contributed by atoms with van der Waals surface area (Å²) in [6, 6.07) is 11.5. The zero-order valence-electron chi connectivity index (χ0n) is 8.63. The SMILES string of the molecule is Fc1ccc(C(Cl)c2cc(Cl)ccc2Br)cc1. The minimum absolute atomic E-state index is 0.275. The monoisotopic (exact) mass is 332 g/mol. The van der Waals surface area contributed by atoms with E-state index in [0.29, 0.717) is 5.02 Å². The van der Waals surface area contributed by atoms with E-state index in [1.165, 1.54) is 12.1 Å². The van der Waals surface area contributed by atoms with Crippen LogP contribution in [0.2, 0.25) is 5.02 Å². The molecule has 2 aromatic rings. The molecule has 1 unspecified atom stereocenters. The summed E-state index contributed by atoms with van der Waals surface area (Å²) in [4.78, 5) is 0. The van der Waals surface area contributed by atoms with Crippen LogP contribution in [-0.2, 0) is 0 Å². The zero-order valence-corrected chi connectivity index (χ0v) is 11.7. The van der Waals surface area contributed by atoms with E-state index >= 15 is 0 Å². The van der Waals surface area contributed by atoms with Crippen LogP contribution in [0.3, 0.4) is 0 Å². The third-order valence-corrected chi connectivity index (χ3v) is 3.84. The Balaban J connectivity index is 2.39. The van der Waals surface area contributed by atoms with Gasteiger partial charge in [0.05, 0.1) is 5.38 Å². The summed E-state index contributed by atoms with van der Waals surface area (Å²) in [5.41, 5.74) is 1.70. The van der Waals surface area contributed by atoms with Gasteiger partial charge in [-0.05, 0) is 41.5 Å². The second-order valence-corrected chi connectivity index (χ2v) is 5.31. The molecule has 0 aliphatic carbocycles. The highest BCUT2D eigenvalue weighted by atomic mass is 79.9. The minimum atomic E-state index is -0.358. The van der Waals surface area contributed by atoms with Crippen molar-refractivity contribution in [2.45, 2.75) is 5.38 Å². The molecule has 0 amide bonds. The van der Waals surface area contributed by atoms with Gasteiger partial charge in [0.2, 0.25) is 0 Å². The third kappa shape index (κ3) is 3.01. The first kappa shape index (κ1) is 12.9. The summed E-state index contributed by atoms with van der Waals surface area (Å²) in [7, 11) is 0. The molecule has 0 aliphatic rings. The molecule has 17 heavy (non-hydrogen) atoms. The number of benzene rings is 2. The van der Waals surface area contributed by atoms with Crippen molar-refractivity contribution in [2.75, 3.05) is 0 Å². The Bertz CT molecular complexity index is 525. The topological polar surface area (TPSA) is 0 Å². The highest BCUT2D eigenvalue weighted by Gasteiger charge is 2.14. The van der Waals surface area contributed by atoms with Gasteiger partial charge < -0.3 is 0 Å². The lowest BCUT2D eigenvalue weighted by molar-refractivity contribution is 0.627. The van der Waals surface area contributed by atoms with Crippen LogP contribution >= 0.6 is 39.1 Å². The number of rotatable bonds is 2. The molecule has 0 saturated heterocycles. The van der Waals surface area contributed by atoms with Crippen molar-refractivity contribution >= 4 is 39.1 Å². The molecular formula is C13H8BrCl2F. The maximum atomic E-state index is 12.8. The molecule has 0 nitrogen and oxygen atoms in total. The van der Waals surface area contributed by atoms with E-state index in [0.717, 1.165) is 15.6 Å². The summed E-state index contributed by atoms with van der Waals surface area (Å²) >= 11 is 15.7. The molecule has 0 aliphatic heterocycles. The number of alkyl halides is 1. The smallest absolute Gasteiger partial charge is 0.123 e. The van der Waals surface area contributed by atoms with E-state index in [2.05, 4.69) is 15.9 Å². The summed E-state index contributed by atoms with van der Waals surface area (Å²) < 4.78 is 13.7. The Labute approximate surface area is 117 Å². The van der Waals surface area contributed by atoms with Crippen LogP contribution in [0.5, 0.6) is 0 Å². The molecule has 2 rings (SSSR count). The lowest BCUT2D eigenvalue weighted by atomic mass is 10.0. The van der Waals surface area contributed by atoms with Gasteiger partial charge in [-0.2, -0.15) is 0 Å². The Morgan fingerprint density at radius 3 is 2.35 bits per heavy atom. The van der Waals surface area contributed by atoms with Crippen molar-refractivity contribution in [3.8, 4) is 0 Å². The van der Waals surface area contributed by atoms with Crippen LogP contribution in [0.15, 0.2) is 46.9 Å². The molecule has 4 heteroatoms. The van der Waals surface area contributed by atoms with Gasteiger partial charge in [-0.15, -0.1) is 11.6 Å². The summed E-state index contributed by atoms with van der Waals surface area (Å²) in [6.07, 6.45) is 0. The average molecular weight is 334 g/mol. The number of hydrogen-bond acceptors (Lipinski definition) is 0. The van der Waals surface area contributed by atoms with Crippen molar-refractivity contribution in [1.82, 2.24) is 0 Å². The van der Waals surface area contributed by atoms with Crippen LogP contribution in [0.1, 0.15) is 16.5 Å². The Morgan fingerprint density at radius 1 is 1.06 bits per heavy atom. The molecule has 0 heterocycles. The summed E-state index contributed by atoms with van der Waals surface area (Å²) in [6.45, 7) is 0. The molecule has 88 valence electrons. The Morgan fingerprint density at radius 2 is 1.71 bits per heavy atom. The fourth-order valence-corrected chi connectivity index (χ4v) is 2.63. The first-order valence-electron chi connectivity index (χ1n) is 4.92. The molecular weight excluding hydrogens is 326 g/mol. The van der Waals surface area contributed by atoms with Crippen molar-refractivity contribution < 1.29 is 4.39 Å². The molecule has 0 saturated carbocycles. The van der Waals surface area contributed by atoms with Gasteiger partial charge in [0.25, 0.3) is 0 Å². The van der Waals surface area contributed by atoms with E-state index in [1.54, 1.807) is 24.3 Å². The highest BCUT2D eigenvalue weighted by molar-refractivity contribution is 9.10.